The minimum Gasteiger partial charge on any atom is -0.481 e. The van der Waals surface area contributed by atoms with Crippen LogP contribution in [-0.4, -0.2) is 23.7 Å². The van der Waals surface area contributed by atoms with E-state index >= 15 is 0 Å². The van der Waals surface area contributed by atoms with Crippen LogP contribution in [0.5, 0.6) is 0 Å². The van der Waals surface area contributed by atoms with Gasteiger partial charge >= 0.3 is 11.9 Å². The highest BCUT2D eigenvalue weighted by Crippen LogP contribution is 2.15. The summed E-state index contributed by atoms with van der Waals surface area (Å²) in [6.45, 7) is 2.85. The van der Waals surface area contributed by atoms with E-state index in [0.29, 0.717) is 19.4 Å². The van der Waals surface area contributed by atoms with Gasteiger partial charge in [-0.3, -0.25) is 9.59 Å². The molecular weight excluding hydrogens is 520 g/mol. The van der Waals surface area contributed by atoms with Crippen molar-refractivity contribution in [3.05, 3.63) is 12.2 Å². The van der Waals surface area contributed by atoms with Crippen LogP contribution < -0.4 is 0 Å². The molecule has 248 valence electrons. The Morgan fingerprint density at radius 2 is 0.786 bits per heavy atom. The van der Waals surface area contributed by atoms with Crippen molar-refractivity contribution in [1.82, 2.24) is 0 Å². The van der Waals surface area contributed by atoms with Gasteiger partial charge in [-0.2, -0.15) is 0 Å². The van der Waals surface area contributed by atoms with Gasteiger partial charge in [-0.15, -0.1) is 0 Å². The zero-order chi connectivity index (χ0) is 30.6. The van der Waals surface area contributed by atoms with Crippen molar-refractivity contribution in [2.75, 3.05) is 6.61 Å². The van der Waals surface area contributed by atoms with Crippen molar-refractivity contribution in [1.29, 1.82) is 0 Å². The number of carboxylic acid groups (broad SMARTS) is 1. The van der Waals surface area contributed by atoms with Gasteiger partial charge in [0.05, 0.1) is 6.61 Å². The number of hydrogen-bond donors (Lipinski definition) is 1. The lowest BCUT2D eigenvalue weighted by atomic mass is 10.0. The van der Waals surface area contributed by atoms with Gasteiger partial charge in [0.25, 0.3) is 0 Å². The second-order valence-corrected chi connectivity index (χ2v) is 12.7. The van der Waals surface area contributed by atoms with Crippen LogP contribution in [0.15, 0.2) is 12.2 Å². The molecule has 0 atom stereocenters. The Balaban J connectivity index is 3.15. The summed E-state index contributed by atoms with van der Waals surface area (Å²) in [5.41, 5.74) is 0. The van der Waals surface area contributed by atoms with Crippen LogP contribution in [-0.2, 0) is 14.3 Å². The quantitative estimate of drug-likeness (QED) is 0.0451. The zero-order valence-electron chi connectivity index (χ0n) is 28.2. The van der Waals surface area contributed by atoms with Crippen LogP contribution in [0.4, 0.5) is 0 Å². The van der Waals surface area contributed by atoms with E-state index in [1.54, 1.807) is 0 Å². The van der Waals surface area contributed by atoms with Gasteiger partial charge in [0.1, 0.15) is 0 Å². The summed E-state index contributed by atoms with van der Waals surface area (Å²) < 4.78 is 5.42. The van der Waals surface area contributed by atoms with Crippen molar-refractivity contribution in [2.45, 2.75) is 212 Å². The van der Waals surface area contributed by atoms with Crippen molar-refractivity contribution < 1.29 is 19.4 Å². The van der Waals surface area contributed by atoms with E-state index in [2.05, 4.69) is 19.1 Å². The Hall–Kier alpha value is -1.32. The SMILES string of the molecule is CCCC/C=C\CCCCCCCC(=O)OCCCCCCCCCCCCCCCCCCCCCCCC(=O)O. The molecule has 4 nitrogen and oxygen atoms in total. The van der Waals surface area contributed by atoms with Crippen molar-refractivity contribution in [3.8, 4) is 0 Å². The van der Waals surface area contributed by atoms with E-state index in [0.717, 1.165) is 32.1 Å². The Morgan fingerprint density at radius 3 is 1.19 bits per heavy atom. The fraction of sp³-hybridized carbons (Fsp3) is 0.895. The third-order valence-corrected chi connectivity index (χ3v) is 8.44. The summed E-state index contributed by atoms with van der Waals surface area (Å²) in [5, 5.41) is 8.63. The summed E-state index contributed by atoms with van der Waals surface area (Å²) in [7, 11) is 0. The van der Waals surface area contributed by atoms with E-state index in [-0.39, 0.29) is 5.97 Å². The fourth-order valence-electron chi connectivity index (χ4n) is 5.61. The molecule has 0 aromatic rings. The Kier molecular flexibility index (Phi) is 34.7. The number of ether oxygens (including phenoxy) is 1. The van der Waals surface area contributed by atoms with Crippen molar-refractivity contribution in [3.63, 3.8) is 0 Å². The summed E-state index contributed by atoms with van der Waals surface area (Å²) >= 11 is 0. The molecule has 1 N–H and O–H groups in total. The highest BCUT2D eigenvalue weighted by atomic mass is 16.5. The Labute approximate surface area is 262 Å². The highest BCUT2D eigenvalue weighted by Gasteiger charge is 2.03. The predicted octanol–water partition coefficient (Wildman–Crippen LogP) is 12.7. The van der Waals surface area contributed by atoms with Crippen LogP contribution in [0.2, 0.25) is 0 Å². The normalized spacial score (nSPS) is 11.5. The molecule has 0 aromatic carbocycles. The van der Waals surface area contributed by atoms with E-state index in [1.165, 1.54) is 161 Å². The first-order valence-corrected chi connectivity index (χ1v) is 18.7. The number of carbonyl (C=O) groups excluding carboxylic acids is 1. The Morgan fingerprint density at radius 1 is 0.452 bits per heavy atom. The zero-order valence-corrected chi connectivity index (χ0v) is 28.2. The van der Waals surface area contributed by atoms with Gasteiger partial charge in [-0.1, -0.05) is 173 Å². The number of unbranched alkanes of at least 4 members (excludes halogenated alkanes) is 27. The first-order valence-electron chi connectivity index (χ1n) is 18.7. The number of carboxylic acids is 1. The summed E-state index contributed by atoms with van der Waals surface area (Å²) in [5.74, 6) is -0.655. The molecular formula is C38H72O4. The number of rotatable bonds is 35. The molecule has 42 heavy (non-hydrogen) atoms. The highest BCUT2D eigenvalue weighted by molar-refractivity contribution is 5.69. The first kappa shape index (κ1) is 40.7. The van der Waals surface area contributed by atoms with Gasteiger partial charge in [0.2, 0.25) is 0 Å². The maximum absolute atomic E-state index is 11.9. The van der Waals surface area contributed by atoms with E-state index in [9.17, 15) is 9.59 Å². The molecule has 0 aliphatic heterocycles. The second kappa shape index (κ2) is 35.9. The smallest absolute Gasteiger partial charge is 0.305 e. The average molecular weight is 593 g/mol. The number of allylic oxidation sites excluding steroid dienone is 2. The topological polar surface area (TPSA) is 63.6 Å². The number of aliphatic carboxylic acids is 1. The largest absolute Gasteiger partial charge is 0.481 e. The second-order valence-electron chi connectivity index (χ2n) is 12.7. The van der Waals surface area contributed by atoms with E-state index in [4.69, 9.17) is 9.84 Å². The molecule has 0 bridgehead atoms. The van der Waals surface area contributed by atoms with Crippen molar-refractivity contribution in [2.24, 2.45) is 0 Å². The maximum atomic E-state index is 11.9. The van der Waals surface area contributed by atoms with Crippen molar-refractivity contribution >= 4 is 11.9 Å². The van der Waals surface area contributed by atoms with E-state index in [1.807, 2.05) is 0 Å². The molecule has 0 saturated carbocycles. The molecule has 0 saturated heterocycles. The molecule has 0 aliphatic carbocycles. The fourth-order valence-corrected chi connectivity index (χ4v) is 5.61. The van der Waals surface area contributed by atoms with Crippen LogP contribution in [0, 0.1) is 0 Å². The third kappa shape index (κ3) is 36.7. The lowest BCUT2D eigenvalue weighted by Gasteiger charge is -2.06. The van der Waals surface area contributed by atoms with Crippen LogP contribution in [0.1, 0.15) is 212 Å². The standard InChI is InChI=1S/C38H72O4/c1-2-3-4-5-6-7-19-23-26-29-32-35-38(41)42-36-33-30-27-24-21-18-16-14-12-10-8-9-11-13-15-17-20-22-25-28-31-34-37(39)40/h5-6H,2-4,7-36H2,1H3,(H,39,40)/b6-5-. The van der Waals surface area contributed by atoms with Crippen LogP contribution in [0.3, 0.4) is 0 Å². The molecule has 0 amide bonds. The van der Waals surface area contributed by atoms with Gasteiger partial charge in [-0.05, 0) is 38.5 Å². The minimum atomic E-state index is -0.659. The molecule has 0 radical (unpaired) electrons. The molecule has 0 aliphatic rings. The molecule has 0 spiro atoms. The molecule has 4 heteroatoms. The molecule has 0 unspecified atom stereocenters. The minimum absolute atomic E-state index is 0.00330. The summed E-state index contributed by atoms with van der Waals surface area (Å²) in [4.78, 5) is 22.4. The lowest BCUT2D eigenvalue weighted by Crippen LogP contribution is -2.05. The summed E-state index contributed by atoms with van der Waals surface area (Å²) in [6.07, 6.45) is 43.7. The number of esters is 1. The Bertz CT molecular complexity index is 586. The molecule has 0 aromatic heterocycles. The number of carbonyl (C=O) groups is 2. The molecule has 0 rings (SSSR count). The van der Waals surface area contributed by atoms with Gasteiger partial charge in [-0.25, -0.2) is 0 Å². The predicted molar refractivity (Wildman–Crippen MR) is 181 cm³/mol. The van der Waals surface area contributed by atoms with Gasteiger partial charge in [0, 0.05) is 12.8 Å². The van der Waals surface area contributed by atoms with Crippen LogP contribution >= 0.6 is 0 Å². The molecule has 0 fully saturated rings. The van der Waals surface area contributed by atoms with Gasteiger partial charge < -0.3 is 9.84 Å². The summed E-state index contributed by atoms with van der Waals surface area (Å²) in [6, 6.07) is 0. The maximum Gasteiger partial charge on any atom is 0.305 e. The van der Waals surface area contributed by atoms with Crippen LogP contribution in [0.25, 0.3) is 0 Å². The van der Waals surface area contributed by atoms with E-state index < -0.39 is 5.97 Å². The molecule has 0 heterocycles. The number of hydrogen-bond acceptors (Lipinski definition) is 3. The average Bonchev–Trinajstić information content (AvgIpc) is 2.98. The monoisotopic (exact) mass is 593 g/mol. The van der Waals surface area contributed by atoms with Gasteiger partial charge in [0.15, 0.2) is 0 Å². The first-order chi connectivity index (χ1) is 20.7. The lowest BCUT2D eigenvalue weighted by molar-refractivity contribution is -0.144. The third-order valence-electron chi connectivity index (χ3n) is 8.44.